The quantitative estimate of drug-likeness (QED) is 0.611. The van der Waals surface area contributed by atoms with Crippen LogP contribution in [0.5, 0.6) is 0 Å². The zero-order valence-electron chi connectivity index (χ0n) is 22.3. The molecule has 0 bridgehead atoms. The average Bonchev–Trinajstić information content (AvgIpc) is 3.46. The summed E-state index contributed by atoms with van der Waals surface area (Å²) in [7, 11) is 0. The molecule has 1 N–H and O–H groups in total. The third kappa shape index (κ3) is 4.00. The van der Waals surface area contributed by atoms with Crippen LogP contribution in [0.3, 0.4) is 0 Å². The van der Waals surface area contributed by atoms with E-state index in [-0.39, 0.29) is 29.6 Å². The SMILES string of the molecule is CC(=O)O[C@H]1[C@H](N2CCCC2)C[C@H]2[C@@H]3CC[C@H]4C[C@H](O)[C@@H](N5CCOCC5)C[C@]4(C)[C@H]3CC[C@@]21C. The van der Waals surface area contributed by atoms with Gasteiger partial charge in [-0.2, -0.15) is 0 Å². The van der Waals surface area contributed by atoms with Gasteiger partial charge in [0.2, 0.25) is 0 Å². The maximum Gasteiger partial charge on any atom is 0.302 e. The van der Waals surface area contributed by atoms with Gasteiger partial charge in [0.05, 0.1) is 19.3 Å². The predicted molar refractivity (Wildman–Crippen MR) is 135 cm³/mol. The fourth-order valence-electron chi connectivity index (χ4n) is 10.3. The number of carbonyl (C=O) groups excluding carboxylic acids is 1. The van der Waals surface area contributed by atoms with E-state index >= 15 is 0 Å². The Balaban J connectivity index is 1.27. The summed E-state index contributed by atoms with van der Waals surface area (Å²) in [5, 5.41) is 11.2. The topological polar surface area (TPSA) is 62.2 Å². The minimum Gasteiger partial charge on any atom is -0.460 e. The summed E-state index contributed by atoms with van der Waals surface area (Å²) < 4.78 is 11.8. The normalized spacial score (nSPS) is 50.9. The molecular formula is C29H48N2O4. The maximum atomic E-state index is 12.2. The zero-order valence-corrected chi connectivity index (χ0v) is 22.3. The molecule has 4 aliphatic carbocycles. The van der Waals surface area contributed by atoms with Crippen LogP contribution in [0.1, 0.15) is 78.6 Å². The van der Waals surface area contributed by atoms with Gasteiger partial charge < -0.3 is 14.6 Å². The van der Waals surface area contributed by atoms with E-state index in [9.17, 15) is 9.90 Å². The number of nitrogens with zero attached hydrogens (tertiary/aromatic N) is 2. The van der Waals surface area contributed by atoms with Gasteiger partial charge >= 0.3 is 5.97 Å². The van der Waals surface area contributed by atoms with E-state index in [1.165, 1.54) is 44.9 Å². The highest BCUT2D eigenvalue weighted by Crippen LogP contribution is 2.67. The summed E-state index contributed by atoms with van der Waals surface area (Å²) in [4.78, 5) is 17.4. The molecule has 4 saturated carbocycles. The lowest BCUT2D eigenvalue weighted by atomic mass is 9.44. The Morgan fingerprint density at radius 3 is 2.34 bits per heavy atom. The molecule has 0 unspecified atom stereocenters. The lowest BCUT2D eigenvalue weighted by Crippen LogP contribution is -2.61. The van der Waals surface area contributed by atoms with Crippen LogP contribution < -0.4 is 0 Å². The maximum absolute atomic E-state index is 12.2. The van der Waals surface area contributed by atoms with E-state index in [0.717, 1.165) is 64.1 Å². The minimum absolute atomic E-state index is 0.0452. The molecule has 0 aromatic carbocycles. The number of carbonyl (C=O) groups is 1. The predicted octanol–water partition coefficient (Wildman–Crippen LogP) is 3.71. The number of aliphatic hydroxyl groups excluding tert-OH is 1. The monoisotopic (exact) mass is 488 g/mol. The zero-order chi connectivity index (χ0) is 24.4. The number of esters is 1. The molecule has 6 aliphatic rings. The summed E-state index contributed by atoms with van der Waals surface area (Å²) in [6.45, 7) is 12.5. The van der Waals surface area contributed by atoms with Crippen molar-refractivity contribution in [3.05, 3.63) is 0 Å². The third-order valence-electron chi connectivity index (χ3n) is 12.0. The summed E-state index contributed by atoms with van der Waals surface area (Å²) >= 11 is 0. The Morgan fingerprint density at radius 2 is 1.63 bits per heavy atom. The summed E-state index contributed by atoms with van der Waals surface area (Å²) in [5.74, 6) is 2.63. The van der Waals surface area contributed by atoms with Crippen molar-refractivity contribution in [1.82, 2.24) is 9.80 Å². The molecule has 6 nitrogen and oxygen atoms in total. The largest absolute Gasteiger partial charge is 0.460 e. The molecule has 10 atom stereocenters. The van der Waals surface area contributed by atoms with Crippen LogP contribution in [-0.4, -0.2) is 84.6 Å². The van der Waals surface area contributed by atoms with Crippen molar-refractivity contribution in [2.45, 2.75) is 103 Å². The number of hydrogen-bond acceptors (Lipinski definition) is 6. The first-order chi connectivity index (χ1) is 16.8. The molecule has 0 spiro atoms. The summed E-state index contributed by atoms with van der Waals surface area (Å²) in [6.07, 6.45) is 10.7. The van der Waals surface area contributed by atoms with E-state index in [1.807, 2.05) is 0 Å². The molecule has 0 aromatic rings. The number of likely N-dealkylation sites (tertiary alicyclic amines) is 1. The third-order valence-corrected chi connectivity index (χ3v) is 12.0. The number of aliphatic hydroxyl groups is 1. The van der Waals surface area contributed by atoms with Crippen molar-refractivity contribution in [2.24, 2.45) is 34.5 Å². The van der Waals surface area contributed by atoms with Gasteiger partial charge in [0.25, 0.3) is 0 Å². The van der Waals surface area contributed by atoms with Gasteiger partial charge in [-0.25, -0.2) is 0 Å². The molecule has 2 heterocycles. The van der Waals surface area contributed by atoms with Crippen LogP contribution in [0.4, 0.5) is 0 Å². The van der Waals surface area contributed by atoms with E-state index < -0.39 is 0 Å². The number of ether oxygens (including phenoxy) is 2. The van der Waals surface area contributed by atoms with Gasteiger partial charge in [-0.05, 0) is 100.0 Å². The first-order valence-electron chi connectivity index (χ1n) is 14.7. The summed E-state index contributed by atoms with van der Waals surface area (Å²) in [5.41, 5.74) is 0.399. The number of rotatable bonds is 3. The molecule has 0 radical (unpaired) electrons. The second-order valence-corrected chi connectivity index (χ2v) is 13.5. The van der Waals surface area contributed by atoms with Gasteiger partial charge in [0.15, 0.2) is 0 Å². The standard InChI is InChI=1S/C29H48N2O4/c1-19(32)35-27-24(30-10-4-5-11-30)17-23-21-7-6-20-16-26(33)25(31-12-14-34-15-13-31)18-29(20,3)22(21)8-9-28(23,27)2/h20-27,33H,4-18H2,1-3H3/t20-,21+,22-,23-,24+,25-,26-,27-,28-,29-/m0/s1. The summed E-state index contributed by atoms with van der Waals surface area (Å²) in [6, 6.07) is 0.678. The highest BCUT2D eigenvalue weighted by Gasteiger charge is 2.65. The van der Waals surface area contributed by atoms with Crippen LogP contribution in [0.25, 0.3) is 0 Å². The molecule has 6 heteroatoms. The Labute approximate surface area is 212 Å². The van der Waals surface area contributed by atoms with Crippen LogP contribution in [0, 0.1) is 34.5 Å². The number of hydrogen-bond donors (Lipinski definition) is 1. The van der Waals surface area contributed by atoms with Crippen LogP contribution in [-0.2, 0) is 14.3 Å². The molecule has 0 aromatic heterocycles. The van der Waals surface area contributed by atoms with Crippen LogP contribution in [0.15, 0.2) is 0 Å². The molecule has 6 rings (SSSR count). The van der Waals surface area contributed by atoms with Gasteiger partial charge in [0, 0.05) is 37.5 Å². The number of fused-ring (bicyclic) bond motifs is 5. The average molecular weight is 489 g/mol. The molecule has 2 saturated heterocycles. The molecule has 2 aliphatic heterocycles. The van der Waals surface area contributed by atoms with Crippen molar-refractivity contribution >= 4 is 5.97 Å². The molecule has 0 amide bonds. The van der Waals surface area contributed by atoms with Gasteiger partial charge in [-0.1, -0.05) is 13.8 Å². The van der Waals surface area contributed by atoms with E-state index in [1.54, 1.807) is 6.92 Å². The lowest BCUT2D eigenvalue weighted by Gasteiger charge is -2.62. The smallest absolute Gasteiger partial charge is 0.302 e. The Kier molecular flexibility index (Phi) is 6.51. The van der Waals surface area contributed by atoms with Crippen LogP contribution >= 0.6 is 0 Å². The molecule has 35 heavy (non-hydrogen) atoms. The van der Waals surface area contributed by atoms with Crippen LogP contribution in [0.2, 0.25) is 0 Å². The van der Waals surface area contributed by atoms with Crippen molar-refractivity contribution < 1.29 is 19.4 Å². The van der Waals surface area contributed by atoms with E-state index in [0.29, 0.717) is 23.3 Å². The van der Waals surface area contributed by atoms with Gasteiger partial charge in [-0.15, -0.1) is 0 Å². The fourth-order valence-corrected chi connectivity index (χ4v) is 10.3. The Hall–Kier alpha value is -0.690. The second kappa shape index (κ2) is 9.25. The van der Waals surface area contributed by atoms with Crippen molar-refractivity contribution in [1.29, 1.82) is 0 Å². The van der Waals surface area contributed by atoms with Crippen molar-refractivity contribution in [2.75, 3.05) is 39.4 Å². The van der Waals surface area contributed by atoms with Crippen molar-refractivity contribution in [3.8, 4) is 0 Å². The Bertz CT molecular complexity index is 796. The highest BCUT2D eigenvalue weighted by molar-refractivity contribution is 5.66. The van der Waals surface area contributed by atoms with Gasteiger partial charge in [0.1, 0.15) is 6.10 Å². The lowest BCUT2D eigenvalue weighted by molar-refractivity contribution is -0.172. The van der Waals surface area contributed by atoms with E-state index in [4.69, 9.17) is 9.47 Å². The Morgan fingerprint density at radius 1 is 0.914 bits per heavy atom. The first kappa shape index (κ1) is 24.6. The molecule has 198 valence electrons. The van der Waals surface area contributed by atoms with E-state index in [2.05, 4.69) is 23.6 Å². The second-order valence-electron chi connectivity index (χ2n) is 13.5. The first-order valence-corrected chi connectivity index (χ1v) is 14.7. The number of morpholine rings is 1. The molecular weight excluding hydrogens is 440 g/mol. The fraction of sp³-hybridized carbons (Fsp3) is 0.966. The van der Waals surface area contributed by atoms with Gasteiger partial charge in [-0.3, -0.25) is 14.6 Å². The highest BCUT2D eigenvalue weighted by atomic mass is 16.5. The van der Waals surface area contributed by atoms with Crippen molar-refractivity contribution in [3.63, 3.8) is 0 Å². The molecule has 6 fully saturated rings. The minimum atomic E-state index is -0.198.